The number of carbonyl (C=O) groups is 8. The van der Waals surface area contributed by atoms with Crippen molar-refractivity contribution in [2.45, 2.75) is 37.3 Å². The first kappa shape index (κ1) is 90.1. The molecule has 0 unspecified atom stereocenters. The molecule has 8 fully saturated rings. The van der Waals surface area contributed by atoms with E-state index in [-0.39, 0.29) is 147 Å². The fourth-order valence-corrected chi connectivity index (χ4v) is 14.8. The first-order valence-corrected chi connectivity index (χ1v) is 40.5. The van der Waals surface area contributed by atoms with Crippen LogP contribution >= 0.6 is 0 Å². The van der Waals surface area contributed by atoms with E-state index in [0.717, 1.165) is 44.1 Å². The van der Waals surface area contributed by atoms with Gasteiger partial charge in [-0.15, -0.1) is 0 Å². The molecule has 2 N–H and O–H groups in total. The van der Waals surface area contributed by atoms with Gasteiger partial charge in [0.25, 0.3) is 23.5 Å². The normalized spacial score (nSPS) is 17.9. The van der Waals surface area contributed by atoms with E-state index in [4.69, 9.17) is 42.6 Å². The van der Waals surface area contributed by atoms with Gasteiger partial charge in [0.05, 0.1) is 72.2 Å². The number of anilines is 8. The number of urea groups is 2. The molecule has 4 aromatic carbocycles. The number of aromatic nitrogens is 8. The second-order valence-electron chi connectivity index (χ2n) is 29.8. The van der Waals surface area contributed by atoms with Crippen LogP contribution in [0.25, 0.3) is 44.5 Å². The minimum absolute atomic E-state index is 0.0151. The number of hydrogen-bond donors (Lipinski definition) is 2. The van der Waals surface area contributed by atoms with Crippen LogP contribution in [0.5, 0.6) is 23.5 Å². The molecule has 8 aliphatic rings. The molecule has 0 bridgehead atoms. The lowest BCUT2D eigenvalue weighted by Gasteiger charge is -2.17. The van der Waals surface area contributed by atoms with Gasteiger partial charge in [-0.3, -0.25) is 44.0 Å². The van der Waals surface area contributed by atoms with E-state index in [1.807, 2.05) is 0 Å². The number of rotatable bonds is 24. The highest BCUT2D eigenvalue weighted by atomic mass is 19.2. The van der Waals surface area contributed by atoms with Crippen LogP contribution in [0.3, 0.4) is 0 Å². The average Bonchev–Trinajstić information content (AvgIpc) is 1.59. The number of halogens is 11. The lowest BCUT2D eigenvalue weighted by atomic mass is 10.0. The Morgan fingerprint density at radius 1 is 0.333 bits per heavy atom. The summed E-state index contributed by atoms with van der Waals surface area (Å²) in [6, 6.07) is 21.4. The van der Waals surface area contributed by atoms with Crippen molar-refractivity contribution in [1.82, 2.24) is 51.2 Å². The zero-order chi connectivity index (χ0) is 94.4. The number of benzene rings is 4. The summed E-state index contributed by atoms with van der Waals surface area (Å²) < 4.78 is 229. The number of carbonyl (C=O) groups excluding carboxylic acids is 8. The number of amides is 10. The molecule has 4 atom stereocenters. The fraction of sp³-hybridized carbons (Fsp3) is 0.247. The molecule has 0 radical (unpaired) electrons. The molecule has 10 amide bonds. The van der Waals surface area contributed by atoms with Crippen LogP contribution in [0.2, 0.25) is 0 Å². The standard InChI is InChI=1S/C22H17F3N4O5.C21H16F3N5O5.C21H15F3N4O6.C21H17F2N5O5/c23-14-8-15(29-10-13(34-22(29)31)11-32-17-5-7-33-27-17)20(24)21(25)19(14)12-3-4-16(26-9-12)28-6-1-2-18(28)30;22-13-7-14(29-9-12(34-21(29)31)10-32-16-3-6-33-27-16)18(23)19(24)17(13)11-1-2-15(26-8-11)28-5-4-25-20(28)30;22-13-7-14(28-9-12(34-21(28)30)10-32-16-3-5-33-26-16)18(23)19(24)17(13)11-1-2-15(25-8-11)27-4-6-31-20(27)29;22-18-14(12-1-4-16(25-9-12)27-7-6-24-20(27)29)2-3-15(19(18)23)28-10-13(33-21(28)30)11-31-17-5-8-32-26-17/h3-5,7-9,13H,1-2,6,10-11H2;1-3,6-8,12H,4-5,9-10H2,(H,25,30);1-3,5,7-8,12H,4,6,9-10H2;1-5,8-9,13H,6-7,10-11H2,(H,24,29)/t13-;2*12-;13-/m1111/s1. The van der Waals surface area contributed by atoms with Gasteiger partial charge >= 0.3 is 42.5 Å². The van der Waals surface area contributed by atoms with Crippen LogP contribution in [-0.2, 0) is 28.5 Å². The topological polar surface area (TPSA) is 425 Å². The predicted molar refractivity (Wildman–Crippen MR) is 438 cm³/mol. The smallest absolute Gasteiger partial charge is 0.415 e. The van der Waals surface area contributed by atoms with Gasteiger partial charge < -0.3 is 71.4 Å². The van der Waals surface area contributed by atoms with Crippen LogP contribution in [0, 0.1) is 64.0 Å². The Balaban J connectivity index is 0.000000125. The van der Waals surface area contributed by atoms with Crippen LogP contribution in [0.15, 0.2) is 171 Å². The van der Waals surface area contributed by atoms with Crippen molar-refractivity contribution in [3.8, 4) is 68.0 Å². The van der Waals surface area contributed by atoms with Crippen molar-refractivity contribution in [2.75, 3.05) is 138 Å². The molecule has 12 aromatic rings. The highest BCUT2D eigenvalue weighted by Crippen LogP contribution is 2.42. The lowest BCUT2D eigenvalue weighted by Crippen LogP contribution is -2.28. The summed E-state index contributed by atoms with van der Waals surface area (Å²) in [4.78, 5) is 121. The van der Waals surface area contributed by atoms with Crippen molar-refractivity contribution < 1.29 is 147 Å². The third-order valence-electron chi connectivity index (χ3n) is 21.3. The number of pyridine rings is 4. The first-order valence-electron chi connectivity index (χ1n) is 40.5. The second-order valence-corrected chi connectivity index (χ2v) is 29.8. The maximum absolute atomic E-state index is 15.0. The van der Waals surface area contributed by atoms with E-state index in [2.05, 4.69) is 69.3 Å². The van der Waals surface area contributed by atoms with Gasteiger partial charge in [0.15, 0.2) is 71.0 Å². The third-order valence-corrected chi connectivity index (χ3v) is 21.3. The Labute approximate surface area is 750 Å². The van der Waals surface area contributed by atoms with E-state index in [0.29, 0.717) is 68.8 Å². The highest BCUT2D eigenvalue weighted by molar-refractivity contribution is 5.97. The summed E-state index contributed by atoms with van der Waals surface area (Å²) in [5.74, 6) is -12.5. The van der Waals surface area contributed by atoms with Crippen molar-refractivity contribution in [1.29, 1.82) is 0 Å². The summed E-state index contributed by atoms with van der Waals surface area (Å²) in [5.41, 5.74) is -3.82. The molecular formula is C85H65F11N18O21. The van der Waals surface area contributed by atoms with Gasteiger partial charge in [-0.05, 0) is 87.7 Å². The molecule has 20 rings (SSSR count). The van der Waals surface area contributed by atoms with Crippen molar-refractivity contribution in [2.24, 2.45) is 0 Å². The largest absolute Gasteiger partial charge is 0.471 e. The van der Waals surface area contributed by atoms with Crippen molar-refractivity contribution in [3.05, 3.63) is 217 Å². The average molecular weight is 1880 g/mol. The van der Waals surface area contributed by atoms with Crippen LogP contribution in [0.1, 0.15) is 12.8 Å². The van der Waals surface area contributed by atoms with Gasteiger partial charge in [-0.25, -0.2) is 102 Å². The quantitative estimate of drug-likeness (QED) is 0.0322. The fourth-order valence-electron chi connectivity index (χ4n) is 14.8. The van der Waals surface area contributed by atoms with Gasteiger partial charge in [-0.2, -0.15) is 0 Å². The minimum atomic E-state index is -1.50. The second kappa shape index (κ2) is 39.0. The number of nitrogens with one attached hydrogen (secondary N) is 2. The Kier molecular flexibility index (Phi) is 26.0. The molecule has 8 saturated heterocycles. The molecular weight excluding hydrogens is 1820 g/mol. The number of cyclic esters (lactones) is 5. The molecule has 0 saturated carbocycles. The number of ether oxygens (including phenoxy) is 9. The van der Waals surface area contributed by atoms with E-state index in [9.17, 15) is 86.7 Å². The van der Waals surface area contributed by atoms with E-state index in [1.54, 1.807) is 12.1 Å². The SMILES string of the molecule is O=C1CCCN1c1ccc(-c2c(F)cc(N3C[C@H](COc4ccon4)OC3=O)c(F)c2F)cn1.O=C1NCCN1c1ccc(-c2c(F)cc(N3C[C@H](COc4ccon4)OC3=O)c(F)c2F)cn1.O=C1NCCN1c1ccc(-c2ccc(N3C[C@H](COc4ccon4)OC3=O)c(F)c2F)cn1.O=C1OCCN1c1ccc(-c2c(F)cc(N3C[C@H](COc4ccon4)OC3=O)c(F)c2F)cn1. The van der Waals surface area contributed by atoms with Gasteiger partial charge in [0.2, 0.25) is 5.91 Å². The lowest BCUT2D eigenvalue weighted by molar-refractivity contribution is -0.117. The Morgan fingerprint density at radius 2 is 0.667 bits per heavy atom. The summed E-state index contributed by atoms with van der Waals surface area (Å²) in [7, 11) is 0. The predicted octanol–water partition coefficient (Wildman–Crippen LogP) is 13.2. The summed E-state index contributed by atoms with van der Waals surface area (Å²) in [6.45, 7) is 1.83. The van der Waals surface area contributed by atoms with Crippen molar-refractivity contribution in [3.63, 3.8) is 0 Å². The van der Waals surface area contributed by atoms with Gasteiger partial charge in [0, 0.05) is 134 Å². The van der Waals surface area contributed by atoms with Gasteiger partial charge in [0.1, 0.15) is 98.8 Å². The number of nitrogens with zero attached hydrogens (tertiary/aromatic N) is 16. The van der Waals surface area contributed by atoms with Gasteiger partial charge in [-0.1, -0.05) is 0 Å². The molecule has 135 heavy (non-hydrogen) atoms. The van der Waals surface area contributed by atoms with E-state index >= 15 is 0 Å². The third kappa shape index (κ3) is 19.2. The highest BCUT2D eigenvalue weighted by Gasteiger charge is 2.43. The summed E-state index contributed by atoms with van der Waals surface area (Å²) in [6.07, 6.45) is 3.58. The summed E-state index contributed by atoms with van der Waals surface area (Å²) in [5, 5.41) is 19.5. The van der Waals surface area contributed by atoms with Crippen LogP contribution in [0.4, 0.5) is 128 Å². The Hall–Kier alpha value is -16.9. The van der Waals surface area contributed by atoms with Crippen molar-refractivity contribution >= 4 is 94.5 Å². The van der Waals surface area contributed by atoms with E-state index < -0.39 is 153 Å². The summed E-state index contributed by atoms with van der Waals surface area (Å²) >= 11 is 0. The first-order chi connectivity index (χ1) is 65.3. The molecule has 50 heteroatoms. The molecule has 8 aromatic heterocycles. The molecule has 698 valence electrons. The van der Waals surface area contributed by atoms with Crippen LogP contribution in [-0.4, -0.2) is 212 Å². The Morgan fingerprint density at radius 3 is 0.963 bits per heavy atom. The number of hydrogen-bond acceptors (Lipinski definition) is 29. The molecule has 39 nitrogen and oxygen atoms in total. The molecule has 0 aliphatic carbocycles. The molecule has 8 aliphatic heterocycles. The maximum Gasteiger partial charge on any atom is 0.415 e. The minimum Gasteiger partial charge on any atom is -0.471 e. The van der Waals surface area contributed by atoms with Crippen LogP contribution < -0.4 is 68.8 Å². The van der Waals surface area contributed by atoms with E-state index in [1.165, 1.54) is 130 Å². The Bertz CT molecular complexity index is 5980. The zero-order valence-electron chi connectivity index (χ0n) is 69.2. The molecule has 16 heterocycles. The molecule has 0 spiro atoms. The maximum atomic E-state index is 15.0. The monoisotopic (exact) mass is 1880 g/mol. The zero-order valence-corrected chi connectivity index (χ0v) is 69.2.